The number of benzene rings is 3. The number of rotatable bonds is 13. The minimum atomic E-state index is -4.37. The first kappa shape index (κ1) is 31.0. The van der Waals surface area contributed by atoms with Gasteiger partial charge in [-0.25, -0.2) is 9.37 Å². The van der Waals surface area contributed by atoms with E-state index in [-0.39, 0.29) is 25.4 Å². The molecule has 4 aromatic rings. The summed E-state index contributed by atoms with van der Waals surface area (Å²) in [5.74, 6) is -0.377. The average molecular weight is 601 g/mol. The van der Waals surface area contributed by atoms with E-state index in [0.717, 1.165) is 41.4 Å². The van der Waals surface area contributed by atoms with Crippen LogP contribution in [-0.2, 0) is 35.3 Å². The Bertz CT molecular complexity index is 1450. The van der Waals surface area contributed by atoms with Crippen LogP contribution in [0.2, 0.25) is 0 Å². The van der Waals surface area contributed by atoms with Crippen molar-refractivity contribution < 1.29 is 31.8 Å². The molecule has 0 fully saturated rings. The van der Waals surface area contributed by atoms with E-state index in [0.29, 0.717) is 35.7 Å². The van der Waals surface area contributed by atoms with Crippen molar-refractivity contribution in [3.8, 4) is 17.0 Å². The van der Waals surface area contributed by atoms with E-state index in [1.165, 1.54) is 29.5 Å². The molecule has 10 heteroatoms. The van der Waals surface area contributed by atoms with Crippen LogP contribution in [0.5, 0.6) is 5.75 Å². The fraction of sp³-hybridized carbons (Fsp3) is 0.312. The number of alkyl halides is 3. The van der Waals surface area contributed by atoms with Gasteiger partial charge >= 0.3 is 12.1 Å². The van der Waals surface area contributed by atoms with Crippen molar-refractivity contribution in [2.24, 2.45) is 0 Å². The molecule has 0 spiro atoms. The Hall–Kier alpha value is -3.92. The fourth-order valence-corrected chi connectivity index (χ4v) is 5.16. The van der Waals surface area contributed by atoms with E-state index in [1.807, 2.05) is 29.6 Å². The first-order valence-electron chi connectivity index (χ1n) is 13.7. The highest BCUT2D eigenvalue weighted by molar-refractivity contribution is 7.14. The van der Waals surface area contributed by atoms with Gasteiger partial charge in [-0.1, -0.05) is 49.4 Å². The van der Waals surface area contributed by atoms with E-state index in [4.69, 9.17) is 14.5 Å². The Morgan fingerprint density at radius 1 is 0.976 bits per heavy atom. The zero-order chi connectivity index (χ0) is 30.1. The highest BCUT2D eigenvalue weighted by Gasteiger charge is 2.30. The van der Waals surface area contributed by atoms with E-state index in [9.17, 15) is 22.4 Å². The standard InChI is InChI=1S/C32H32F4N2O3S/c1-3-17-38(31-37-29(21-42-31)25-9-13-26(14-10-25)32(34,35)36)19-22-5-7-23(8-6-22)20-41-27-15-11-24(28(33)18-27)12-16-30(39)40-4-2/h5-11,13-15,18,21H,3-4,12,16-17,19-20H2,1-2H3. The molecule has 0 aliphatic heterocycles. The molecule has 0 radical (unpaired) electrons. The van der Waals surface area contributed by atoms with Crippen molar-refractivity contribution >= 4 is 22.4 Å². The molecule has 1 aromatic heterocycles. The second-order valence-electron chi connectivity index (χ2n) is 9.68. The number of hydrogen-bond acceptors (Lipinski definition) is 6. The lowest BCUT2D eigenvalue weighted by Crippen LogP contribution is -2.23. The number of thiazole rings is 1. The normalized spacial score (nSPS) is 11.4. The third-order valence-corrected chi connectivity index (χ3v) is 7.40. The highest BCUT2D eigenvalue weighted by Crippen LogP contribution is 2.33. The summed E-state index contributed by atoms with van der Waals surface area (Å²) in [6, 6.07) is 17.6. The second-order valence-corrected chi connectivity index (χ2v) is 10.5. The van der Waals surface area contributed by atoms with Crippen LogP contribution in [0.4, 0.5) is 22.7 Å². The summed E-state index contributed by atoms with van der Waals surface area (Å²) in [6.45, 7) is 5.76. The maximum absolute atomic E-state index is 14.5. The number of halogens is 4. The Morgan fingerprint density at radius 3 is 2.33 bits per heavy atom. The highest BCUT2D eigenvalue weighted by atomic mass is 32.1. The molecule has 222 valence electrons. The average Bonchev–Trinajstić information content (AvgIpc) is 3.46. The Labute approximate surface area is 246 Å². The molecule has 0 saturated carbocycles. The van der Waals surface area contributed by atoms with Crippen molar-refractivity contribution in [2.45, 2.75) is 52.4 Å². The summed E-state index contributed by atoms with van der Waals surface area (Å²) < 4.78 is 63.9. The molecule has 0 N–H and O–H groups in total. The number of carbonyl (C=O) groups is 1. The van der Waals surface area contributed by atoms with Gasteiger partial charge in [0.1, 0.15) is 18.2 Å². The molecule has 0 unspecified atom stereocenters. The van der Waals surface area contributed by atoms with Gasteiger partial charge in [-0.3, -0.25) is 4.79 Å². The zero-order valence-electron chi connectivity index (χ0n) is 23.4. The van der Waals surface area contributed by atoms with Gasteiger partial charge in [-0.05, 0) is 54.7 Å². The SMILES string of the molecule is CCCN(Cc1ccc(COc2ccc(CCC(=O)OCC)c(F)c2)cc1)c1nc(-c2ccc(C(F)(F)F)cc2)cs1. The van der Waals surface area contributed by atoms with Gasteiger partial charge in [-0.2, -0.15) is 13.2 Å². The summed E-state index contributed by atoms with van der Waals surface area (Å²) in [5.41, 5.74) is 3.01. The molecule has 0 aliphatic rings. The minimum Gasteiger partial charge on any atom is -0.489 e. The third-order valence-electron chi connectivity index (χ3n) is 6.49. The van der Waals surface area contributed by atoms with Crippen LogP contribution in [0.25, 0.3) is 11.3 Å². The van der Waals surface area contributed by atoms with Crippen molar-refractivity contribution in [1.82, 2.24) is 4.98 Å². The monoisotopic (exact) mass is 600 g/mol. The number of aryl methyl sites for hydroxylation is 1. The topological polar surface area (TPSA) is 51.7 Å². The van der Waals surface area contributed by atoms with E-state index >= 15 is 0 Å². The van der Waals surface area contributed by atoms with Gasteiger partial charge in [0, 0.05) is 36.5 Å². The molecule has 1 heterocycles. The van der Waals surface area contributed by atoms with Crippen molar-refractivity contribution in [2.75, 3.05) is 18.1 Å². The van der Waals surface area contributed by atoms with Crippen molar-refractivity contribution in [3.63, 3.8) is 0 Å². The summed E-state index contributed by atoms with van der Waals surface area (Å²) in [5, 5.41) is 2.66. The van der Waals surface area contributed by atoms with Crippen LogP contribution in [0.1, 0.15) is 48.9 Å². The molecule has 0 saturated heterocycles. The number of ether oxygens (including phenoxy) is 2. The number of aromatic nitrogens is 1. The van der Waals surface area contributed by atoms with Crippen LogP contribution in [0, 0.1) is 5.82 Å². The van der Waals surface area contributed by atoms with Crippen LogP contribution in [0.3, 0.4) is 0 Å². The quantitative estimate of drug-likeness (QED) is 0.114. The molecule has 4 rings (SSSR count). The molecule has 5 nitrogen and oxygen atoms in total. The summed E-state index contributed by atoms with van der Waals surface area (Å²) in [4.78, 5) is 18.4. The molecular formula is C32H32F4N2O3S. The zero-order valence-corrected chi connectivity index (χ0v) is 24.2. The second kappa shape index (κ2) is 14.3. The molecule has 0 bridgehead atoms. The van der Waals surface area contributed by atoms with E-state index in [1.54, 1.807) is 19.1 Å². The van der Waals surface area contributed by atoms with Gasteiger partial charge in [-0.15, -0.1) is 11.3 Å². The predicted octanol–water partition coefficient (Wildman–Crippen LogP) is 8.46. The molecule has 0 atom stereocenters. The largest absolute Gasteiger partial charge is 0.489 e. The van der Waals surface area contributed by atoms with E-state index in [2.05, 4.69) is 11.8 Å². The summed E-state index contributed by atoms with van der Waals surface area (Å²) in [6.07, 6.45) is -3.09. The lowest BCUT2D eigenvalue weighted by molar-refractivity contribution is -0.143. The number of carbonyl (C=O) groups excluding carboxylic acids is 1. The summed E-state index contributed by atoms with van der Waals surface area (Å²) >= 11 is 1.46. The lowest BCUT2D eigenvalue weighted by atomic mass is 10.1. The fourth-order valence-electron chi connectivity index (χ4n) is 4.30. The van der Waals surface area contributed by atoms with Crippen LogP contribution >= 0.6 is 11.3 Å². The van der Waals surface area contributed by atoms with Crippen LogP contribution in [0.15, 0.2) is 72.1 Å². The number of esters is 1. The Morgan fingerprint density at radius 2 is 1.69 bits per heavy atom. The van der Waals surface area contributed by atoms with Gasteiger partial charge in [0.25, 0.3) is 0 Å². The first-order chi connectivity index (χ1) is 20.2. The molecule has 3 aromatic carbocycles. The first-order valence-corrected chi connectivity index (χ1v) is 14.6. The summed E-state index contributed by atoms with van der Waals surface area (Å²) in [7, 11) is 0. The maximum Gasteiger partial charge on any atom is 0.416 e. The van der Waals surface area contributed by atoms with Gasteiger partial charge in [0.15, 0.2) is 5.13 Å². The number of anilines is 1. The minimum absolute atomic E-state index is 0.121. The van der Waals surface area contributed by atoms with Gasteiger partial charge < -0.3 is 14.4 Å². The van der Waals surface area contributed by atoms with Crippen LogP contribution < -0.4 is 9.64 Å². The van der Waals surface area contributed by atoms with Crippen LogP contribution in [-0.4, -0.2) is 24.1 Å². The molecule has 42 heavy (non-hydrogen) atoms. The smallest absolute Gasteiger partial charge is 0.416 e. The Kier molecular flexibility index (Phi) is 10.6. The third kappa shape index (κ3) is 8.55. The van der Waals surface area contributed by atoms with Gasteiger partial charge in [0.05, 0.1) is 17.9 Å². The molecular weight excluding hydrogens is 568 g/mol. The number of nitrogens with zero attached hydrogens (tertiary/aromatic N) is 2. The van der Waals surface area contributed by atoms with Crippen molar-refractivity contribution in [3.05, 3.63) is 100 Å². The van der Waals surface area contributed by atoms with Gasteiger partial charge in [0.2, 0.25) is 0 Å². The maximum atomic E-state index is 14.5. The predicted molar refractivity (Wildman–Crippen MR) is 156 cm³/mol. The van der Waals surface area contributed by atoms with Crippen molar-refractivity contribution in [1.29, 1.82) is 0 Å². The number of hydrogen-bond donors (Lipinski definition) is 0. The van der Waals surface area contributed by atoms with E-state index < -0.39 is 17.6 Å². The molecule has 0 aliphatic carbocycles. The Balaban J connectivity index is 1.34. The molecule has 0 amide bonds. The lowest BCUT2D eigenvalue weighted by Gasteiger charge is -2.21.